The number of nitrogens with zero attached hydrogens (tertiary/aromatic N) is 5. The van der Waals surface area contributed by atoms with Crippen molar-refractivity contribution in [3.63, 3.8) is 0 Å². The Hall–Kier alpha value is -4.26. The second-order valence-electron chi connectivity index (χ2n) is 8.35. The van der Waals surface area contributed by atoms with Crippen LogP contribution in [0.3, 0.4) is 0 Å². The molecular weight excluding hydrogens is 424 g/mol. The van der Waals surface area contributed by atoms with Crippen LogP contribution in [-0.2, 0) is 0 Å². The van der Waals surface area contributed by atoms with E-state index in [0.717, 1.165) is 41.4 Å². The van der Waals surface area contributed by atoms with Crippen molar-refractivity contribution in [2.75, 3.05) is 36.4 Å². The molecule has 1 saturated heterocycles. The number of hydrogen-bond acceptors (Lipinski definition) is 6. The Morgan fingerprint density at radius 3 is 2.12 bits per heavy atom. The second-order valence-corrected chi connectivity index (χ2v) is 8.35. The van der Waals surface area contributed by atoms with Crippen LogP contribution < -0.4 is 10.2 Å². The molecule has 7 nitrogen and oxygen atoms in total. The molecule has 2 aromatic heterocycles. The highest BCUT2D eigenvalue weighted by Crippen LogP contribution is 2.21. The number of benzene rings is 2. The lowest BCUT2D eigenvalue weighted by Gasteiger charge is -2.35. The molecule has 3 heterocycles. The van der Waals surface area contributed by atoms with Crippen molar-refractivity contribution in [1.82, 2.24) is 20.1 Å². The van der Waals surface area contributed by atoms with Gasteiger partial charge in [0.15, 0.2) is 11.6 Å². The molecule has 34 heavy (non-hydrogen) atoms. The van der Waals surface area contributed by atoms with Crippen LogP contribution in [0.2, 0.25) is 0 Å². The predicted molar refractivity (Wildman–Crippen MR) is 134 cm³/mol. The normalized spacial score (nSPS) is 13.6. The van der Waals surface area contributed by atoms with Crippen LogP contribution >= 0.6 is 0 Å². The van der Waals surface area contributed by atoms with Crippen molar-refractivity contribution in [1.29, 1.82) is 0 Å². The molecular formula is C27H26N6O. The number of carbonyl (C=O) groups is 1. The fourth-order valence-corrected chi connectivity index (χ4v) is 3.99. The van der Waals surface area contributed by atoms with E-state index in [9.17, 15) is 4.79 Å². The minimum Gasteiger partial charge on any atom is -0.352 e. The quantitative estimate of drug-likeness (QED) is 0.481. The van der Waals surface area contributed by atoms with Crippen LogP contribution in [0.1, 0.15) is 15.9 Å². The van der Waals surface area contributed by atoms with Gasteiger partial charge in [-0.05, 0) is 53.9 Å². The number of rotatable bonds is 5. The van der Waals surface area contributed by atoms with Crippen LogP contribution in [0.4, 0.5) is 17.5 Å². The summed E-state index contributed by atoms with van der Waals surface area (Å²) in [6, 6.07) is 25.8. The van der Waals surface area contributed by atoms with Gasteiger partial charge in [0.2, 0.25) is 0 Å². The monoisotopic (exact) mass is 450 g/mol. The summed E-state index contributed by atoms with van der Waals surface area (Å²) in [5.41, 5.74) is 4.08. The Morgan fingerprint density at radius 2 is 1.47 bits per heavy atom. The van der Waals surface area contributed by atoms with E-state index >= 15 is 0 Å². The van der Waals surface area contributed by atoms with Crippen LogP contribution in [0, 0.1) is 6.92 Å². The Labute approximate surface area is 199 Å². The van der Waals surface area contributed by atoms with Crippen molar-refractivity contribution < 1.29 is 4.79 Å². The maximum absolute atomic E-state index is 13.0. The third-order valence-corrected chi connectivity index (χ3v) is 5.95. The van der Waals surface area contributed by atoms with E-state index in [2.05, 4.69) is 37.5 Å². The lowest BCUT2D eigenvalue weighted by Crippen LogP contribution is -2.49. The number of aryl methyl sites for hydroxylation is 1. The van der Waals surface area contributed by atoms with Crippen LogP contribution in [0.15, 0.2) is 85.1 Å². The van der Waals surface area contributed by atoms with E-state index in [-0.39, 0.29) is 5.91 Å². The maximum Gasteiger partial charge on any atom is 0.253 e. The van der Waals surface area contributed by atoms with Crippen molar-refractivity contribution in [3.05, 3.63) is 96.2 Å². The number of anilines is 3. The Balaban J connectivity index is 1.16. The molecule has 4 aromatic rings. The molecule has 0 spiro atoms. The van der Waals surface area contributed by atoms with E-state index in [4.69, 9.17) is 0 Å². The van der Waals surface area contributed by atoms with Crippen LogP contribution in [0.25, 0.3) is 11.1 Å². The van der Waals surface area contributed by atoms with E-state index in [1.165, 1.54) is 0 Å². The lowest BCUT2D eigenvalue weighted by molar-refractivity contribution is 0.0746. The van der Waals surface area contributed by atoms with Gasteiger partial charge in [-0.1, -0.05) is 48.5 Å². The van der Waals surface area contributed by atoms with E-state index < -0.39 is 0 Å². The van der Waals surface area contributed by atoms with E-state index in [0.29, 0.717) is 24.5 Å². The molecule has 1 N–H and O–H groups in total. The zero-order valence-electron chi connectivity index (χ0n) is 19.1. The molecule has 1 aliphatic heterocycles. The van der Waals surface area contributed by atoms with Gasteiger partial charge in [-0.3, -0.25) is 4.79 Å². The van der Waals surface area contributed by atoms with Crippen LogP contribution in [0.5, 0.6) is 0 Å². The highest BCUT2D eigenvalue weighted by molar-refractivity contribution is 5.95. The molecule has 170 valence electrons. The minimum absolute atomic E-state index is 0.0653. The topological polar surface area (TPSA) is 74.2 Å². The molecule has 0 radical (unpaired) electrons. The molecule has 1 fully saturated rings. The van der Waals surface area contributed by atoms with Gasteiger partial charge < -0.3 is 15.1 Å². The number of aromatic nitrogens is 3. The Morgan fingerprint density at radius 1 is 0.765 bits per heavy atom. The third-order valence-electron chi connectivity index (χ3n) is 5.95. The third kappa shape index (κ3) is 4.88. The molecule has 0 atom stereocenters. The first-order valence-corrected chi connectivity index (χ1v) is 11.4. The summed E-state index contributed by atoms with van der Waals surface area (Å²) >= 11 is 0. The summed E-state index contributed by atoms with van der Waals surface area (Å²) in [5.74, 6) is 2.25. The number of pyridine rings is 1. The van der Waals surface area contributed by atoms with Crippen molar-refractivity contribution in [2.45, 2.75) is 6.92 Å². The molecule has 2 aromatic carbocycles. The summed E-state index contributed by atoms with van der Waals surface area (Å²) < 4.78 is 0. The highest BCUT2D eigenvalue weighted by Gasteiger charge is 2.23. The summed E-state index contributed by atoms with van der Waals surface area (Å²) in [6.45, 7) is 4.73. The lowest BCUT2D eigenvalue weighted by atomic mass is 10.0. The maximum atomic E-state index is 13.0. The first-order chi connectivity index (χ1) is 16.7. The summed E-state index contributed by atoms with van der Waals surface area (Å²) in [4.78, 5) is 21.4. The number of amides is 1. The summed E-state index contributed by atoms with van der Waals surface area (Å²) in [6.07, 6.45) is 1.81. The second kappa shape index (κ2) is 9.70. The molecule has 1 aliphatic rings. The van der Waals surface area contributed by atoms with Gasteiger partial charge in [0.05, 0.1) is 0 Å². The molecule has 7 heteroatoms. The smallest absolute Gasteiger partial charge is 0.253 e. The van der Waals surface area contributed by atoms with Gasteiger partial charge in [0.25, 0.3) is 5.91 Å². The van der Waals surface area contributed by atoms with E-state index in [1.807, 2.05) is 84.8 Å². The summed E-state index contributed by atoms with van der Waals surface area (Å²) in [7, 11) is 0. The van der Waals surface area contributed by atoms with E-state index in [1.54, 1.807) is 0 Å². The van der Waals surface area contributed by atoms with Gasteiger partial charge >= 0.3 is 0 Å². The molecule has 0 bridgehead atoms. The molecule has 5 rings (SSSR count). The largest absolute Gasteiger partial charge is 0.352 e. The number of carbonyl (C=O) groups excluding carboxylic acids is 1. The predicted octanol–water partition coefficient (Wildman–Crippen LogP) is 4.55. The molecule has 0 unspecified atom stereocenters. The first-order valence-electron chi connectivity index (χ1n) is 11.4. The fourth-order valence-electron chi connectivity index (χ4n) is 3.99. The first kappa shape index (κ1) is 21.6. The average molecular weight is 451 g/mol. The number of piperazine rings is 1. The van der Waals surface area contributed by atoms with Crippen LogP contribution in [-0.4, -0.2) is 52.2 Å². The van der Waals surface area contributed by atoms with Gasteiger partial charge in [0, 0.05) is 37.9 Å². The van der Waals surface area contributed by atoms with Gasteiger partial charge in [-0.25, -0.2) is 4.98 Å². The molecule has 0 saturated carbocycles. The standard InChI is InChI=1S/C27H26N6O/c1-20-7-12-24(28-19-20)29-25-13-14-26(31-30-25)32-15-17-33(18-16-32)27(34)23-10-8-22(9-11-23)21-5-3-2-4-6-21/h2-14,19H,15-18H2,1H3,(H,28,29,30). The minimum atomic E-state index is 0.0653. The zero-order valence-corrected chi connectivity index (χ0v) is 19.1. The SMILES string of the molecule is Cc1ccc(Nc2ccc(N3CCN(C(=O)c4ccc(-c5ccccc5)cc4)CC3)nn2)nc1. The van der Waals surface area contributed by atoms with Crippen molar-refractivity contribution in [3.8, 4) is 11.1 Å². The Kier molecular flexibility index (Phi) is 6.16. The van der Waals surface area contributed by atoms with Crippen molar-refractivity contribution in [2.24, 2.45) is 0 Å². The Bertz CT molecular complexity index is 1230. The fraction of sp³-hybridized carbons (Fsp3) is 0.185. The van der Waals surface area contributed by atoms with Gasteiger partial charge in [-0.15, -0.1) is 10.2 Å². The summed E-state index contributed by atoms with van der Waals surface area (Å²) in [5, 5.41) is 11.8. The van der Waals surface area contributed by atoms with Gasteiger partial charge in [0.1, 0.15) is 5.82 Å². The molecule has 0 aliphatic carbocycles. The zero-order chi connectivity index (χ0) is 23.3. The highest BCUT2D eigenvalue weighted by atomic mass is 16.2. The number of nitrogens with one attached hydrogen (secondary N) is 1. The number of hydrogen-bond donors (Lipinski definition) is 1. The van der Waals surface area contributed by atoms with Crippen molar-refractivity contribution >= 4 is 23.4 Å². The van der Waals surface area contributed by atoms with Gasteiger partial charge in [-0.2, -0.15) is 0 Å². The average Bonchev–Trinajstić information content (AvgIpc) is 2.91. The molecule has 1 amide bonds.